The second kappa shape index (κ2) is 5.77. The summed E-state index contributed by atoms with van der Waals surface area (Å²) in [5.74, 6) is 0.855. The molecule has 0 saturated carbocycles. The van der Waals surface area contributed by atoms with Gasteiger partial charge in [-0.1, -0.05) is 23.7 Å². The monoisotopic (exact) mass is 305 g/mol. The average Bonchev–Trinajstić information content (AvgIpc) is 2.71. The van der Waals surface area contributed by atoms with Gasteiger partial charge in [-0.05, 0) is 31.5 Å². The zero-order valence-electron chi connectivity index (χ0n) is 12.7. The quantitative estimate of drug-likeness (QED) is 0.674. The molecule has 0 aliphatic rings. The van der Waals surface area contributed by atoms with Gasteiger partial charge in [0.05, 0.1) is 17.3 Å². The average molecular weight is 306 g/mol. The van der Waals surface area contributed by atoms with Crippen LogP contribution in [0.2, 0.25) is 5.02 Å². The van der Waals surface area contributed by atoms with E-state index in [-0.39, 0.29) is 11.9 Å². The zero-order valence-corrected chi connectivity index (χ0v) is 13.4. The van der Waals surface area contributed by atoms with Crippen LogP contribution in [-0.2, 0) is 7.05 Å². The first-order valence-corrected chi connectivity index (χ1v) is 7.07. The van der Waals surface area contributed by atoms with Crippen molar-refractivity contribution in [2.24, 2.45) is 12.8 Å². The molecule has 112 valence electrons. The van der Waals surface area contributed by atoms with E-state index in [2.05, 4.69) is 16.9 Å². The zero-order chi connectivity index (χ0) is 15.7. The molecule has 1 atom stereocenters. The Bertz CT molecular complexity index is 677. The molecule has 0 bridgehead atoms. The Morgan fingerprint density at radius 1 is 1.48 bits per heavy atom. The third kappa shape index (κ3) is 2.88. The molecule has 0 saturated heterocycles. The number of nitrogens with two attached hydrogens (primary N) is 1. The van der Waals surface area contributed by atoms with Crippen LogP contribution < -0.4 is 10.6 Å². The van der Waals surface area contributed by atoms with Gasteiger partial charge in [0.25, 0.3) is 0 Å². The highest BCUT2D eigenvalue weighted by atomic mass is 35.5. The molecular formula is C15H20ClN5. The van der Waals surface area contributed by atoms with Crippen LogP contribution in [0.1, 0.15) is 29.8 Å². The van der Waals surface area contributed by atoms with Crippen molar-refractivity contribution < 1.29 is 0 Å². The molecule has 2 aromatic rings. The van der Waals surface area contributed by atoms with Crippen molar-refractivity contribution in [2.45, 2.75) is 19.9 Å². The minimum absolute atomic E-state index is 0.0285. The molecule has 0 fully saturated rings. The SMILES string of the molecule is Cc1nn(C)c(N(C)C(C)c2cccc(Cl)c2)c1C(=N)N. The van der Waals surface area contributed by atoms with E-state index in [0.29, 0.717) is 10.6 Å². The van der Waals surface area contributed by atoms with E-state index in [4.69, 9.17) is 22.7 Å². The molecule has 1 aromatic heterocycles. The standard InChI is InChI=1S/C15H20ClN5/c1-9-13(14(17)18)15(21(4)19-9)20(3)10(2)11-6-5-7-12(16)8-11/h5-8,10H,1-4H3,(H3,17,18). The molecule has 0 aliphatic heterocycles. The molecule has 0 aliphatic carbocycles. The third-order valence-corrected chi connectivity index (χ3v) is 3.94. The minimum Gasteiger partial charge on any atom is -0.384 e. The number of nitrogens with one attached hydrogen (secondary N) is 1. The summed E-state index contributed by atoms with van der Waals surface area (Å²) in [6.07, 6.45) is 0. The molecule has 3 N–H and O–H groups in total. The molecule has 5 nitrogen and oxygen atoms in total. The number of aryl methyl sites for hydroxylation is 2. The largest absolute Gasteiger partial charge is 0.384 e. The summed E-state index contributed by atoms with van der Waals surface area (Å²) in [6, 6.07) is 7.84. The molecule has 21 heavy (non-hydrogen) atoms. The van der Waals surface area contributed by atoms with Crippen LogP contribution in [-0.4, -0.2) is 22.7 Å². The lowest BCUT2D eigenvalue weighted by molar-refractivity contribution is 0.673. The summed E-state index contributed by atoms with van der Waals surface area (Å²) >= 11 is 6.07. The lowest BCUT2D eigenvalue weighted by Crippen LogP contribution is -2.27. The van der Waals surface area contributed by atoms with Crippen molar-refractivity contribution in [3.63, 3.8) is 0 Å². The highest BCUT2D eigenvalue weighted by Gasteiger charge is 2.23. The predicted octanol–water partition coefficient (Wildman–Crippen LogP) is 2.86. The fourth-order valence-corrected chi connectivity index (χ4v) is 2.74. The Balaban J connectivity index is 2.45. The highest BCUT2D eigenvalue weighted by Crippen LogP contribution is 2.30. The molecule has 1 heterocycles. The van der Waals surface area contributed by atoms with Crippen molar-refractivity contribution in [1.82, 2.24) is 9.78 Å². The Morgan fingerprint density at radius 2 is 2.14 bits per heavy atom. The van der Waals surface area contributed by atoms with E-state index in [1.807, 2.05) is 45.3 Å². The van der Waals surface area contributed by atoms with Gasteiger partial charge in [0.15, 0.2) is 0 Å². The van der Waals surface area contributed by atoms with Crippen molar-refractivity contribution in [3.8, 4) is 0 Å². The van der Waals surface area contributed by atoms with E-state index >= 15 is 0 Å². The number of hydrogen-bond acceptors (Lipinski definition) is 3. The van der Waals surface area contributed by atoms with Crippen LogP contribution in [0.15, 0.2) is 24.3 Å². The lowest BCUT2D eigenvalue weighted by Gasteiger charge is -2.28. The summed E-state index contributed by atoms with van der Waals surface area (Å²) < 4.78 is 1.76. The van der Waals surface area contributed by atoms with Gasteiger partial charge in [-0.25, -0.2) is 0 Å². The van der Waals surface area contributed by atoms with Crippen LogP contribution in [0, 0.1) is 12.3 Å². The molecule has 0 radical (unpaired) electrons. The van der Waals surface area contributed by atoms with E-state index in [1.165, 1.54) is 0 Å². The van der Waals surface area contributed by atoms with Gasteiger partial charge >= 0.3 is 0 Å². The Hall–Kier alpha value is -2.01. The molecular weight excluding hydrogens is 286 g/mol. The maximum atomic E-state index is 7.78. The van der Waals surface area contributed by atoms with E-state index in [9.17, 15) is 0 Å². The molecule has 1 unspecified atom stereocenters. The second-order valence-electron chi connectivity index (χ2n) is 5.16. The number of nitrogens with zero attached hydrogens (tertiary/aromatic N) is 3. The fraction of sp³-hybridized carbons (Fsp3) is 0.333. The maximum Gasteiger partial charge on any atom is 0.138 e. The summed E-state index contributed by atoms with van der Waals surface area (Å²) in [5, 5.41) is 12.9. The number of rotatable bonds is 4. The van der Waals surface area contributed by atoms with Crippen LogP contribution in [0.3, 0.4) is 0 Å². The summed E-state index contributed by atoms with van der Waals surface area (Å²) in [5.41, 5.74) is 8.24. The van der Waals surface area contributed by atoms with Crippen molar-refractivity contribution >= 4 is 23.3 Å². The smallest absolute Gasteiger partial charge is 0.138 e. The van der Waals surface area contributed by atoms with Gasteiger partial charge in [0.2, 0.25) is 0 Å². The molecule has 6 heteroatoms. The number of hydrogen-bond donors (Lipinski definition) is 2. The number of nitrogen functional groups attached to an aromatic ring is 1. The number of amidine groups is 1. The lowest BCUT2D eigenvalue weighted by atomic mass is 10.1. The topological polar surface area (TPSA) is 70.9 Å². The Morgan fingerprint density at radius 3 is 2.71 bits per heavy atom. The number of aromatic nitrogens is 2. The first kappa shape index (κ1) is 15.4. The van der Waals surface area contributed by atoms with Crippen LogP contribution in [0.25, 0.3) is 0 Å². The van der Waals surface area contributed by atoms with E-state index in [1.54, 1.807) is 4.68 Å². The highest BCUT2D eigenvalue weighted by molar-refractivity contribution is 6.30. The molecule has 2 rings (SSSR count). The fourth-order valence-electron chi connectivity index (χ4n) is 2.54. The Kier molecular flexibility index (Phi) is 4.23. The summed E-state index contributed by atoms with van der Waals surface area (Å²) in [7, 11) is 3.82. The first-order valence-electron chi connectivity index (χ1n) is 6.69. The summed E-state index contributed by atoms with van der Waals surface area (Å²) in [4.78, 5) is 2.06. The number of benzene rings is 1. The third-order valence-electron chi connectivity index (χ3n) is 3.71. The van der Waals surface area contributed by atoms with Crippen LogP contribution >= 0.6 is 11.6 Å². The number of anilines is 1. The second-order valence-corrected chi connectivity index (χ2v) is 5.60. The van der Waals surface area contributed by atoms with Crippen molar-refractivity contribution in [3.05, 3.63) is 46.1 Å². The van der Waals surface area contributed by atoms with Gasteiger partial charge in [-0.3, -0.25) is 10.1 Å². The first-order chi connectivity index (χ1) is 9.82. The normalized spacial score (nSPS) is 12.2. The Labute approximate surface area is 129 Å². The predicted molar refractivity (Wildman–Crippen MR) is 87.2 cm³/mol. The van der Waals surface area contributed by atoms with Gasteiger partial charge in [0, 0.05) is 19.1 Å². The van der Waals surface area contributed by atoms with Crippen molar-refractivity contribution in [1.29, 1.82) is 5.41 Å². The van der Waals surface area contributed by atoms with Gasteiger partial charge in [0.1, 0.15) is 11.7 Å². The van der Waals surface area contributed by atoms with Gasteiger partial charge in [-0.15, -0.1) is 0 Å². The minimum atomic E-state index is 0.0285. The van der Waals surface area contributed by atoms with Gasteiger partial charge < -0.3 is 10.6 Å². The van der Waals surface area contributed by atoms with E-state index < -0.39 is 0 Å². The molecule has 0 spiro atoms. The van der Waals surface area contributed by atoms with Crippen molar-refractivity contribution in [2.75, 3.05) is 11.9 Å². The number of halogens is 1. The van der Waals surface area contributed by atoms with E-state index in [0.717, 1.165) is 17.1 Å². The maximum absolute atomic E-state index is 7.78. The van der Waals surface area contributed by atoms with Crippen LogP contribution in [0.4, 0.5) is 5.82 Å². The van der Waals surface area contributed by atoms with Gasteiger partial charge in [-0.2, -0.15) is 5.10 Å². The molecule has 1 aromatic carbocycles. The van der Waals surface area contributed by atoms with Crippen LogP contribution in [0.5, 0.6) is 0 Å². The summed E-state index contributed by atoms with van der Waals surface area (Å²) in [6.45, 7) is 3.94. The molecule has 0 amide bonds.